The van der Waals surface area contributed by atoms with Crippen molar-refractivity contribution in [3.8, 4) is 0 Å². The Morgan fingerprint density at radius 3 is 2.13 bits per heavy atom. The third-order valence-electron chi connectivity index (χ3n) is 8.60. The quantitative estimate of drug-likeness (QED) is 0.351. The van der Waals surface area contributed by atoms with Crippen LogP contribution in [0.2, 0.25) is 0 Å². The molecule has 4 unspecified atom stereocenters. The van der Waals surface area contributed by atoms with Crippen LogP contribution in [-0.2, 0) is 9.47 Å². The van der Waals surface area contributed by atoms with Gasteiger partial charge in [-0.15, -0.1) is 0 Å². The fraction of sp³-hybridized carbons (Fsp3) is 1.00. The summed E-state index contributed by atoms with van der Waals surface area (Å²) >= 11 is 0. The van der Waals surface area contributed by atoms with Crippen molar-refractivity contribution >= 4 is 0 Å². The number of hydrogen-bond acceptors (Lipinski definition) is 2. The first-order valence-corrected chi connectivity index (χ1v) is 12.6. The zero-order valence-electron chi connectivity index (χ0n) is 19.4. The van der Waals surface area contributed by atoms with Crippen LogP contribution >= 0.6 is 0 Å². The van der Waals surface area contributed by atoms with E-state index in [1.54, 1.807) is 7.11 Å². The summed E-state index contributed by atoms with van der Waals surface area (Å²) in [7, 11) is 1.64. The molecule has 2 nitrogen and oxygen atoms in total. The van der Waals surface area contributed by atoms with Gasteiger partial charge in [0.1, 0.15) is 6.17 Å². The van der Waals surface area contributed by atoms with E-state index in [1.165, 1.54) is 13.3 Å². The van der Waals surface area contributed by atoms with Crippen molar-refractivity contribution in [3.63, 3.8) is 0 Å². The maximum absolute atomic E-state index is 14.5. The highest BCUT2D eigenvalue weighted by molar-refractivity contribution is 4.92. The molecule has 0 spiro atoms. The van der Waals surface area contributed by atoms with Crippen molar-refractivity contribution in [1.29, 1.82) is 0 Å². The molecular formula is C25H42F4O2. The Morgan fingerprint density at radius 2 is 1.52 bits per heavy atom. The van der Waals surface area contributed by atoms with Gasteiger partial charge in [0, 0.05) is 7.11 Å². The monoisotopic (exact) mass is 450 g/mol. The van der Waals surface area contributed by atoms with Crippen LogP contribution in [0.4, 0.5) is 17.6 Å². The molecule has 31 heavy (non-hydrogen) atoms. The number of halogens is 4. The van der Waals surface area contributed by atoms with Crippen molar-refractivity contribution in [2.24, 2.45) is 17.3 Å². The van der Waals surface area contributed by atoms with Crippen LogP contribution in [0.15, 0.2) is 0 Å². The van der Waals surface area contributed by atoms with Gasteiger partial charge in [-0.3, -0.25) is 0 Å². The van der Waals surface area contributed by atoms with Crippen molar-refractivity contribution in [1.82, 2.24) is 0 Å². The first-order chi connectivity index (χ1) is 14.7. The normalized spacial score (nSPS) is 35.6. The maximum atomic E-state index is 14.5. The first kappa shape index (κ1) is 25.3. The molecule has 0 heterocycles. The largest absolute Gasteiger partial charge is 0.394 e. The smallest absolute Gasteiger partial charge is 0.381 e. The Kier molecular flexibility index (Phi) is 9.11. The molecule has 182 valence electrons. The molecule has 0 amide bonds. The van der Waals surface area contributed by atoms with Crippen molar-refractivity contribution < 1.29 is 27.0 Å². The molecule has 0 aliphatic heterocycles. The van der Waals surface area contributed by atoms with Crippen LogP contribution in [0.25, 0.3) is 0 Å². The number of alkyl halides is 4. The minimum absolute atomic E-state index is 0.103. The highest BCUT2D eigenvalue weighted by Crippen LogP contribution is 2.52. The minimum Gasteiger partial charge on any atom is -0.381 e. The number of methoxy groups -OCH3 is 1. The van der Waals surface area contributed by atoms with Gasteiger partial charge in [-0.25, -0.2) is 4.39 Å². The van der Waals surface area contributed by atoms with E-state index in [1.807, 2.05) is 0 Å². The molecule has 0 aromatic heterocycles. The Labute approximate surface area is 185 Å². The summed E-state index contributed by atoms with van der Waals surface area (Å²) in [6.07, 6.45) is 6.36. The number of ether oxygens (including phenoxy) is 2. The average Bonchev–Trinajstić information content (AvgIpc) is 2.76. The van der Waals surface area contributed by atoms with Crippen LogP contribution in [0.5, 0.6) is 0 Å². The lowest BCUT2D eigenvalue weighted by Crippen LogP contribution is -2.44. The molecule has 0 aromatic rings. The summed E-state index contributed by atoms with van der Waals surface area (Å²) < 4.78 is 68.3. The lowest BCUT2D eigenvalue weighted by molar-refractivity contribution is -0.244. The number of rotatable bonds is 8. The topological polar surface area (TPSA) is 18.5 Å². The van der Waals surface area contributed by atoms with E-state index in [0.29, 0.717) is 44.9 Å². The van der Waals surface area contributed by atoms with Gasteiger partial charge in [0.2, 0.25) is 0 Å². The average molecular weight is 451 g/mol. The molecule has 4 atom stereocenters. The Hall–Kier alpha value is -0.360. The third kappa shape index (κ3) is 6.59. The molecule has 3 rings (SSSR count). The van der Waals surface area contributed by atoms with E-state index in [0.717, 1.165) is 38.5 Å². The second-order valence-corrected chi connectivity index (χ2v) is 10.6. The molecule has 3 saturated carbocycles. The van der Waals surface area contributed by atoms with Crippen molar-refractivity contribution in [2.75, 3.05) is 7.11 Å². The van der Waals surface area contributed by atoms with Gasteiger partial charge < -0.3 is 9.47 Å². The van der Waals surface area contributed by atoms with Gasteiger partial charge in [-0.1, -0.05) is 39.0 Å². The predicted octanol–water partition coefficient (Wildman–Crippen LogP) is 7.79. The molecule has 3 aliphatic rings. The second-order valence-electron chi connectivity index (χ2n) is 10.6. The SMILES string of the molecule is COC1CCC(C(C)(CCCC2CCC(F)C(OC3CCCCC3)C2)C(F)(F)F)CC1. The molecule has 0 radical (unpaired) electrons. The maximum Gasteiger partial charge on any atom is 0.394 e. The Bertz CT molecular complexity index is 526. The van der Waals surface area contributed by atoms with Crippen molar-refractivity contribution in [2.45, 2.75) is 134 Å². The summed E-state index contributed by atoms with van der Waals surface area (Å²) in [5.74, 6) is -0.0508. The highest BCUT2D eigenvalue weighted by Gasteiger charge is 2.55. The lowest BCUT2D eigenvalue weighted by atomic mass is 9.66. The molecule has 0 aromatic carbocycles. The fourth-order valence-electron chi connectivity index (χ4n) is 6.30. The van der Waals surface area contributed by atoms with Crippen molar-refractivity contribution in [3.05, 3.63) is 0 Å². The summed E-state index contributed by atoms with van der Waals surface area (Å²) in [6, 6.07) is 0. The molecule has 0 N–H and O–H groups in total. The van der Waals surface area contributed by atoms with Crippen LogP contribution in [0, 0.1) is 17.3 Å². The summed E-state index contributed by atoms with van der Waals surface area (Å²) in [4.78, 5) is 0. The van der Waals surface area contributed by atoms with Crippen LogP contribution in [0.3, 0.4) is 0 Å². The van der Waals surface area contributed by atoms with E-state index < -0.39 is 17.8 Å². The van der Waals surface area contributed by atoms with Gasteiger partial charge in [-0.2, -0.15) is 13.2 Å². The van der Waals surface area contributed by atoms with Crippen LogP contribution in [-0.4, -0.2) is 37.8 Å². The molecular weight excluding hydrogens is 408 g/mol. The predicted molar refractivity (Wildman–Crippen MR) is 115 cm³/mol. The van der Waals surface area contributed by atoms with E-state index in [4.69, 9.17) is 9.47 Å². The van der Waals surface area contributed by atoms with Gasteiger partial charge >= 0.3 is 6.18 Å². The van der Waals surface area contributed by atoms with Crippen LogP contribution in [0.1, 0.15) is 103 Å². The summed E-state index contributed by atoms with van der Waals surface area (Å²) in [6.45, 7) is 1.43. The van der Waals surface area contributed by atoms with E-state index in [9.17, 15) is 17.6 Å². The first-order valence-electron chi connectivity index (χ1n) is 12.6. The third-order valence-corrected chi connectivity index (χ3v) is 8.60. The summed E-state index contributed by atoms with van der Waals surface area (Å²) in [5.41, 5.74) is -1.64. The zero-order chi connectivity index (χ0) is 22.5. The Morgan fingerprint density at radius 1 is 0.839 bits per heavy atom. The minimum atomic E-state index is -4.19. The standard InChI is InChI=1S/C25H42F4O2/c1-24(25(27,28)29,19-11-13-20(30-2)14-12-19)16-6-7-18-10-15-22(26)23(17-18)31-21-8-4-3-5-9-21/h18-23H,3-17H2,1-2H3. The molecule has 3 fully saturated rings. The molecule has 3 aliphatic carbocycles. The van der Waals surface area contributed by atoms with Gasteiger partial charge in [0.05, 0.1) is 23.7 Å². The highest BCUT2D eigenvalue weighted by atomic mass is 19.4. The number of hydrogen-bond donors (Lipinski definition) is 0. The van der Waals surface area contributed by atoms with E-state index >= 15 is 0 Å². The van der Waals surface area contributed by atoms with Gasteiger partial charge in [-0.05, 0) is 76.0 Å². The van der Waals surface area contributed by atoms with E-state index in [2.05, 4.69) is 0 Å². The van der Waals surface area contributed by atoms with E-state index in [-0.39, 0.29) is 36.6 Å². The van der Waals surface area contributed by atoms with Crippen LogP contribution < -0.4 is 0 Å². The lowest BCUT2D eigenvalue weighted by Gasteiger charge is -2.43. The Balaban J connectivity index is 1.50. The fourth-order valence-corrected chi connectivity index (χ4v) is 6.30. The van der Waals surface area contributed by atoms with Gasteiger partial charge in [0.25, 0.3) is 0 Å². The van der Waals surface area contributed by atoms with Gasteiger partial charge in [0.15, 0.2) is 0 Å². The zero-order valence-corrected chi connectivity index (χ0v) is 19.4. The molecule has 6 heteroatoms. The molecule has 0 saturated heterocycles. The summed E-state index contributed by atoms with van der Waals surface area (Å²) in [5, 5.41) is 0. The second kappa shape index (κ2) is 11.2. The molecule has 0 bridgehead atoms.